The van der Waals surface area contributed by atoms with Gasteiger partial charge in [-0.2, -0.15) is 14.9 Å². The second-order valence-electron chi connectivity index (χ2n) is 6.82. The maximum atomic E-state index is 9.99. The Morgan fingerprint density at radius 2 is 1.60 bits per heavy atom. The largest absolute Gasteiger partial charge is 0.508 e. The molecule has 4 aromatic rings. The molecule has 0 aliphatic carbocycles. The van der Waals surface area contributed by atoms with Crippen molar-refractivity contribution < 1.29 is 10.2 Å². The van der Waals surface area contributed by atoms with Crippen molar-refractivity contribution >= 4 is 18.4 Å². The van der Waals surface area contributed by atoms with Gasteiger partial charge in [0.2, 0.25) is 4.77 Å². The SMILES string of the molecule is Oc1ccc(/C=N/n2c(CC(c3ccccc3)c3ccccc3)n[nH]c2=S)c(O)c1. The zero-order chi connectivity index (χ0) is 20.9. The van der Waals surface area contributed by atoms with Gasteiger partial charge in [-0.05, 0) is 35.5 Å². The summed E-state index contributed by atoms with van der Waals surface area (Å²) in [5.74, 6) is 0.668. The zero-order valence-electron chi connectivity index (χ0n) is 16.0. The van der Waals surface area contributed by atoms with Crippen molar-refractivity contribution in [3.8, 4) is 11.5 Å². The van der Waals surface area contributed by atoms with Crippen molar-refractivity contribution in [3.05, 3.63) is 106 Å². The number of benzene rings is 3. The van der Waals surface area contributed by atoms with Crippen LogP contribution in [0.1, 0.15) is 28.4 Å². The van der Waals surface area contributed by atoms with E-state index in [1.54, 1.807) is 10.7 Å². The standard InChI is InChI=1S/C23H20N4O2S/c28-19-12-11-18(21(29)13-19)15-24-27-22(25-26-23(27)30)14-20(16-7-3-1-4-8-16)17-9-5-2-6-10-17/h1-13,15,20,28-29H,14H2,(H,26,30)/b24-15+. The zero-order valence-corrected chi connectivity index (χ0v) is 16.8. The minimum absolute atomic E-state index is 0.0150. The summed E-state index contributed by atoms with van der Waals surface area (Å²) >= 11 is 5.36. The highest BCUT2D eigenvalue weighted by Gasteiger charge is 2.18. The van der Waals surface area contributed by atoms with Crippen LogP contribution in [0.4, 0.5) is 0 Å². The summed E-state index contributed by atoms with van der Waals surface area (Å²) in [5.41, 5.74) is 2.80. The highest BCUT2D eigenvalue weighted by molar-refractivity contribution is 7.71. The lowest BCUT2D eigenvalue weighted by Gasteiger charge is -2.17. The smallest absolute Gasteiger partial charge is 0.216 e. The van der Waals surface area contributed by atoms with E-state index in [0.717, 1.165) is 0 Å². The molecule has 0 amide bonds. The van der Waals surface area contributed by atoms with E-state index in [1.165, 1.54) is 29.5 Å². The Balaban J connectivity index is 1.69. The summed E-state index contributed by atoms with van der Waals surface area (Å²) in [7, 11) is 0. The van der Waals surface area contributed by atoms with Crippen molar-refractivity contribution in [1.29, 1.82) is 0 Å². The van der Waals surface area contributed by atoms with Gasteiger partial charge in [-0.3, -0.25) is 5.10 Å². The molecule has 0 saturated heterocycles. The van der Waals surface area contributed by atoms with Crippen LogP contribution in [0.2, 0.25) is 0 Å². The Bertz CT molecular complexity index is 1180. The van der Waals surface area contributed by atoms with E-state index >= 15 is 0 Å². The number of hydrogen-bond donors (Lipinski definition) is 3. The third kappa shape index (κ3) is 4.31. The molecule has 0 radical (unpaired) electrons. The van der Waals surface area contributed by atoms with Crippen LogP contribution in [0.25, 0.3) is 0 Å². The summed E-state index contributed by atoms with van der Waals surface area (Å²) in [4.78, 5) is 0. The number of H-pyrrole nitrogens is 1. The van der Waals surface area contributed by atoms with Crippen molar-refractivity contribution in [2.75, 3.05) is 0 Å². The van der Waals surface area contributed by atoms with Crippen LogP contribution < -0.4 is 0 Å². The lowest BCUT2D eigenvalue weighted by atomic mass is 9.88. The predicted octanol–water partition coefficient (Wildman–Crippen LogP) is 4.61. The maximum absolute atomic E-state index is 9.99. The van der Waals surface area contributed by atoms with Gasteiger partial charge >= 0.3 is 0 Å². The number of aromatic amines is 1. The summed E-state index contributed by atoms with van der Waals surface area (Å²) in [6.45, 7) is 0. The first-order valence-corrected chi connectivity index (χ1v) is 9.85. The lowest BCUT2D eigenvalue weighted by molar-refractivity contribution is 0.450. The van der Waals surface area contributed by atoms with Crippen molar-refractivity contribution in [2.45, 2.75) is 12.3 Å². The van der Waals surface area contributed by atoms with Gasteiger partial charge in [0.1, 0.15) is 11.5 Å². The van der Waals surface area contributed by atoms with Gasteiger partial charge in [-0.15, -0.1) is 0 Å². The second-order valence-corrected chi connectivity index (χ2v) is 7.21. The Kier molecular flexibility index (Phi) is 5.72. The van der Waals surface area contributed by atoms with E-state index in [-0.39, 0.29) is 17.4 Å². The average Bonchev–Trinajstić information content (AvgIpc) is 3.12. The Labute approximate surface area is 178 Å². The minimum atomic E-state index is -0.0678. The molecule has 7 heteroatoms. The van der Waals surface area contributed by atoms with Gasteiger partial charge in [0.15, 0.2) is 5.82 Å². The van der Waals surface area contributed by atoms with E-state index in [9.17, 15) is 10.2 Å². The summed E-state index contributed by atoms with van der Waals surface area (Å²) in [6, 6.07) is 24.8. The third-order valence-corrected chi connectivity index (χ3v) is 5.10. The maximum Gasteiger partial charge on any atom is 0.216 e. The average molecular weight is 417 g/mol. The molecule has 0 saturated carbocycles. The van der Waals surface area contributed by atoms with Gasteiger partial charge in [-0.1, -0.05) is 60.7 Å². The normalized spacial score (nSPS) is 11.4. The monoisotopic (exact) mass is 416 g/mol. The molecule has 0 aliphatic heterocycles. The Morgan fingerprint density at radius 3 is 2.20 bits per heavy atom. The third-order valence-electron chi connectivity index (χ3n) is 4.83. The molecule has 6 nitrogen and oxygen atoms in total. The van der Waals surface area contributed by atoms with E-state index in [4.69, 9.17) is 12.2 Å². The molecule has 3 N–H and O–H groups in total. The molecule has 1 heterocycles. The highest BCUT2D eigenvalue weighted by atomic mass is 32.1. The Hall–Kier alpha value is -3.71. The van der Waals surface area contributed by atoms with Crippen LogP contribution in [-0.2, 0) is 6.42 Å². The number of aromatic nitrogens is 3. The molecule has 0 fully saturated rings. The number of phenolic OH excluding ortho intramolecular Hbond substituents is 2. The summed E-state index contributed by atoms with van der Waals surface area (Å²) < 4.78 is 1.92. The van der Waals surface area contributed by atoms with Crippen LogP contribution in [-0.4, -0.2) is 31.3 Å². The minimum Gasteiger partial charge on any atom is -0.508 e. The fourth-order valence-corrected chi connectivity index (χ4v) is 3.52. The van der Waals surface area contributed by atoms with Crippen LogP contribution in [0.5, 0.6) is 11.5 Å². The van der Waals surface area contributed by atoms with Crippen molar-refractivity contribution in [1.82, 2.24) is 14.9 Å². The van der Waals surface area contributed by atoms with Crippen LogP contribution in [0.15, 0.2) is 84.0 Å². The van der Waals surface area contributed by atoms with E-state index in [2.05, 4.69) is 39.6 Å². The molecule has 3 aromatic carbocycles. The first-order chi connectivity index (χ1) is 14.6. The van der Waals surface area contributed by atoms with Gasteiger partial charge in [0.25, 0.3) is 0 Å². The number of rotatable bonds is 6. The highest BCUT2D eigenvalue weighted by Crippen LogP contribution is 2.28. The van der Waals surface area contributed by atoms with Gasteiger partial charge in [0, 0.05) is 24.0 Å². The molecule has 0 unspecified atom stereocenters. The molecule has 0 aliphatic rings. The molecular formula is C23H20N4O2S. The number of phenols is 2. The topological polar surface area (TPSA) is 86.4 Å². The molecule has 1 aromatic heterocycles. The fraction of sp³-hybridized carbons (Fsp3) is 0.0870. The van der Waals surface area contributed by atoms with Gasteiger partial charge in [-0.25, -0.2) is 0 Å². The number of nitrogens with zero attached hydrogens (tertiary/aromatic N) is 3. The first-order valence-electron chi connectivity index (χ1n) is 9.44. The van der Waals surface area contributed by atoms with E-state index < -0.39 is 0 Å². The molecule has 0 bridgehead atoms. The molecule has 150 valence electrons. The van der Waals surface area contributed by atoms with Crippen molar-refractivity contribution in [2.24, 2.45) is 5.10 Å². The number of hydrogen-bond acceptors (Lipinski definition) is 5. The molecule has 4 rings (SSSR count). The van der Waals surface area contributed by atoms with Crippen LogP contribution in [0.3, 0.4) is 0 Å². The fourth-order valence-electron chi connectivity index (χ4n) is 3.32. The summed E-state index contributed by atoms with van der Waals surface area (Å²) in [6.07, 6.45) is 2.07. The predicted molar refractivity (Wildman–Crippen MR) is 119 cm³/mol. The lowest BCUT2D eigenvalue weighted by Crippen LogP contribution is -2.09. The quantitative estimate of drug-likeness (QED) is 0.316. The van der Waals surface area contributed by atoms with Crippen LogP contribution >= 0.6 is 12.2 Å². The van der Waals surface area contributed by atoms with Gasteiger partial charge in [0.05, 0.1) is 6.21 Å². The first kappa shape index (κ1) is 19.6. The number of aromatic hydroxyl groups is 2. The number of nitrogens with one attached hydrogen (secondary N) is 1. The Morgan fingerprint density at radius 1 is 0.967 bits per heavy atom. The van der Waals surface area contributed by atoms with E-state index in [0.29, 0.717) is 22.6 Å². The second kappa shape index (κ2) is 8.75. The molecular weight excluding hydrogens is 396 g/mol. The van der Waals surface area contributed by atoms with E-state index in [1.807, 2.05) is 36.4 Å². The molecule has 0 atom stereocenters. The summed E-state index contributed by atoms with van der Waals surface area (Å²) in [5, 5.41) is 31.1. The van der Waals surface area contributed by atoms with Crippen molar-refractivity contribution in [3.63, 3.8) is 0 Å². The molecule has 0 spiro atoms. The van der Waals surface area contributed by atoms with Gasteiger partial charge < -0.3 is 10.2 Å². The molecule has 30 heavy (non-hydrogen) atoms. The van der Waals surface area contributed by atoms with Crippen LogP contribution in [0, 0.1) is 4.77 Å².